The van der Waals surface area contributed by atoms with E-state index in [-0.39, 0.29) is 5.41 Å². The van der Waals surface area contributed by atoms with E-state index in [4.69, 9.17) is 4.99 Å². The molecule has 0 aliphatic heterocycles. The molecule has 2 heteroatoms. The van der Waals surface area contributed by atoms with Crippen LogP contribution < -0.4 is 0 Å². The van der Waals surface area contributed by atoms with Crippen LogP contribution in [-0.4, -0.2) is 11.9 Å². The molecule has 0 saturated heterocycles. The topological polar surface area (TPSA) is 36.2 Å². The van der Waals surface area contributed by atoms with Crippen LogP contribution >= 0.6 is 0 Å². The number of hydrogen-bond donors (Lipinski definition) is 1. The molecule has 1 N–H and O–H groups in total. The second-order valence-electron chi connectivity index (χ2n) is 15.9. The molecule has 2 nitrogen and oxygen atoms in total. The third kappa shape index (κ3) is 6.49. The van der Waals surface area contributed by atoms with E-state index in [1.807, 2.05) is 54.8 Å². The average molecular weight is 755 g/mol. The summed E-state index contributed by atoms with van der Waals surface area (Å²) < 4.78 is 0. The van der Waals surface area contributed by atoms with Crippen LogP contribution in [0.3, 0.4) is 0 Å². The largest absolute Gasteiger partial charge is 0.300 e. The number of aliphatic imine (C=N–C) groups is 1. The fourth-order valence-electron chi connectivity index (χ4n) is 8.96. The summed E-state index contributed by atoms with van der Waals surface area (Å²) in [7, 11) is 0. The number of hydrogen-bond acceptors (Lipinski definition) is 2. The molecule has 0 bridgehead atoms. The summed E-state index contributed by atoms with van der Waals surface area (Å²) in [5.41, 5.74) is 16.1. The predicted octanol–water partition coefficient (Wildman–Crippen LogP) is 14.8. The van der Waals surface area contributed by atoms with E-state index in [2.05, 4.69) is 172 Å². The summed E-state index contributed by atoms with van der Waals surface area (Å²) in [6, 6.07) is 70.9. The third-order valence-electron chi connectivity index (χ3n) is 12.0. The first-order chi connectivity index (χ1) is 28.9. The Morgan fingerprint density at radius 1 is 0.475 bits per heavy atom. The Balaban J connectivity index is 1.09. The third-order valence-corrected chi connectivity index (χ3v) is 12.0. The van der Waals surface area contributed by atoms with E-state index in [9.17, 15) is 5.41 Å². The SMILES string of the molecule is CC1(C)c2cc(-c3ccc(C=N/C(=C\C(=N)c4ccccc4)c4ccc(-c5ccccc5)cc4-c4ccccc4)c4ccccc34)ccc2-c2c1ccc1ccccc21. The molecule has 10 rings (SSSR count). The van der Waals surface area contributed by atoms with Gasteiger partial charge >= 0.3 is 0 Å². The van der Waals surface area contributed by atoms with Crippen molar-refractivity contribution in [2.45, 2.75) is 19.3 Å². The van der Waals surface area contributed by atoms with Crippen molar-refractivity contribution in [2.75, 3.05) is 0 Å². The monoisotopic (exact) mass is 754 g/mol. The highest BCUT2D eigenvalue weighted by Gasteiger charge is 2.36. The number of nitrogens with one attached hydrogen (secondary N) is 1. The molecule has 280 valence electrons. The molecular weight excluding hydrogens is 713 g/mol. The Morgan fingerprint density at radius 2 is 1.10 bits per heavy atom. The van der Waals surface area contributed by atoms with E-state index < -0.39 is 0 Å². The molecule has 0 aromatic heterocycles. The number of benzene rings is 9. The lowest BCUT2D eigenvalue weighted by atomic mass is 9.81. The summed E-state index contributed by atoms with van der Waals surface area (Å²) in [4.78, 5) is 5.28. The Bertz CT molecular complexity index is 3120. The smallest absolute Gasteiger partial charge is 0.0729 e. The van der Waals surface area contributed by atoms with Gasteiger partial charge in [-0.2, -0.15) is 0 Å². The van der Waals surface area contributed by atoms with Crippen molar-refractivity contribution in [3.05, 3.63) is 234 Å². The fourth-order valence-corrected chi connectivity index (χ4v) is 8.96. The van der Waals surface area contributed by atoms with Gasteiger partial charge in [0.25, 0.3) is 0 Å². The molecule has 0 radical (unpaired) electrons. The maximum absolute atomic E-state index is 9.21. The van der Waals surface area contributed by atoms with E-state index in [1.165, 1.54) is 49.5 Å². The standard InChI is InChI=1S/C57H42N2/c1-57(2)52-33-29-40-20-12-13-24-47(40)56(52)50-32-27-43(35-53(50)57)46-30-28-44(45-23-14-15-25-48(45)46)37-59-55(36-54(58)41-21-10-5-11-22-41)49-31-26-42(38-16-6-3-7-17-38)34-51(49)39-18-8-4-9-19-39/h3-37,58H,1-2H3/b55-36-,58-54?,59-37?. The Labute approximate surface area is 346 Å². The molecular formula is C57H42N2. The first-order valence-electron chi connectivity index (χ1n) is 20.3. The van der Waals surface area contributed by atoms with Gasteiger partial charge in [-0.1, -0.05) is 202 Å². The number of allylic oxidation sites excluding steroid dienone is 1. The summed E-state index contributed by atoms with van der Waals surface area (Å²) in [5, 5.41) is 14.1. The fraction of sp³-hybridized carbons (Fsp3) is 0.0526. The summed E-state index contributed by atoms with van der Waals surface area (Å²) in [5.74, 6) is 0. The van der Waals surface area contributed by atoms with Gasteiger partial charge in [-0.25, -0.2) is 0 Å². The minimum Gasteiger partial charge on any atom is -0.300 e. The van der Waals surface area contributed by atoms with Gasteiger partial charge in [0.05, 0.1) is 11.4 Å². The maximum Gasteiger partial charge on any atom is 0.0729 e. The molecule has 9 aromatic carbocycles. The highest BCUT2D eigenvalue weighted by Crippen LogP contribution is 2.52. The minimum atomic E-state index is -0.124. The number of rotatable bonds is 8. The van der Waals surface area contributed by atoms with Gasteiger partial charge in [0.2, 0.25) is 0 Å². The molecule has 0 spiro atoms. The predicted molar refractivity (Wildman–Crippen MR) is 251 cm³/mol. The molecule has 0 saturated carbocycles. The van der Waals surface area contributed by atoms with Gasteiger partial charge < -0.3 is 5.41 Å². The maximum atomic E-state index is 9.21. The normalized spacial score (nSPS) is 13.2. The van der Waals surface area contributed by atoms with Crippen molar-refractivity contribution in [2.24, 2.45) is 4.99 Å². The van der Waals surface area contributed by atoms with Gasteiger partial charge in [0, 0.05) is 22.8 Å². The second kappa shape index (κ2) is 14.8. The van der Waals surface area contributed by atoms with Crippen LogP contribution in [0.2, 0.25) is 0 Å². The molecule has 0 amide bonds. The van der Waals surface area contributed by atoms with E-state index in [1.54, 1.807) is 0 Å². The molecule has 1 aliphatic carbocycles. The lowest BCUT2D eigenvalue weighted by Crippen LogP contribution is -2.15. The zero-order chi connectivity index (χ0) is 39.9. The van der Waals surface area contributed by atoms with Crippen molar-refractivity contribution >= 4 is 39.2 Å². The van der Waals surface area contributed by atoms with E-state index >= 15 is 0 Å². The zero-order valence-corrected chi connectivity index (χ0v) is 33.2. The van der Waals surface area contributed by atoms with Crippen LogP contribution in [0.5, 0.6) is 0 Å². The summed E-state index contributed by atoms with van der Waals surface area (Å²) in [6.07, 6.45) is 3.88. The summed E-state index contributed by atoms with van der Waals surface area (Å²) >= 11 is 0. The van der Waals surface area contributed by atoms with Crippen molar-refractivity contribution in [3.8, 4) is 44.5 Å². The van der Waals surface area contributed by atoms with Crippen LogP contribution in [0.1, 0.15) is 41.7 Å². The zero-order valence-electron chi connectivity index (χ0n) is 33.2. The molecule has 0 atom stereocenters. The first kappa shape index (κ1) is 36.0. The van der Waals surface area contributed by atoms with Crippen molar-refractivity contribution in [3.63, 3.8) is 0 Å². The van der Waals surface area contributed by atoms with Gasteiger partial charge in [0.1, 0.15) is 0 Å². The van der Waals surface area contributed by atoms with Crippen molar-refractivity contribution < 1.29 is 0 Å². The van der Waals surface area contributed by atoms with Crippen LogP contribution in [0.25, 0.3) is 71.7 Å². The molecule has 59 heavy (non-hydrogen) atoms. The second-order valence-corrected chi connectivity index (χ2v) is 15.9. The van der Waals surface area contributed by atoms with Crippen LogP contribution in [0.15, 0.2) is 211 Å². The molecule has 0 unspecified atom stereocenters. The highest BCUT2D eigenvalue weighted by molar-refractivity contribution is 6.13. The Morgan fingerprint density at radius 3 is 1.86 bits per heavy atom. The molecule has 0 heterocycles. The van der Waals surface area contributed by atoms with Crippen molar-refractivity contribution in [1.29, 1.82) is 5.41 Å². The minimum absolute atomic E-state index is 0.124. The molecule has 9 aromatic rings. The summed E-state index contributed by atoms with van der Waals surface area (Å²) in [6.45, 7) is 4.71. The van der Waals surface area contributed by atoms with Gasteiger partial charge in [-0.15, -0.1) is 0 Å². The Kier molecular flexibility index (Phi) is 9.03. The lowest BCUT2D eigenvalue weighted by Gasteiger charge is -2.22. The lowest BCUT2D eigenvalue weighted by molar-refractivity contribution is 0.661. The number of nitrogens with zero attached hydrogens (tertiary/aromatic N) is 1. The molecule has 1 aliphatic rings. The average Bonchev–Trinajstić information content (AvgIpc) is 3.53. The van der Waals surface area contributed by atoms with Gasteiger partial charge in [0.15, 0.2) is 0 Å². The van der Waals surface area contributed by atoms with Crippen LogP contribution in [0.4, 0.5) is 0 Å². The first-order valence-corrected chi connectivity index (χ1v) is 20.3. The quantitative estimate of drug-likeness (QED) is 0.150. The van der Waals surface area contributed by atoms with Gasteiger partial charge in [-0.05, 0) is 101 Å². The van der Waals surface area contributed by atoms with Crippen LogP contribution in [-0.2, 0) is 5.41 Å². The van der Waals surface area contributed by atoms with Gasteiger partial charge in [-0.3, -0.25) is 4.99 Å². The van der Waals surface area contributed by atoms with Crippen LogP contribution in [0, 0.1) is 5.41 Å². The van der Waals surface area contributed by atoms with E-state index in [0.717, 1.165) is 50.0 Å². The van der Waals surface area contributed by atoms with E-state index in [0.29, 0.717) is 5.71 Å². The number of fused-ring (bicyclic) bond motifs is 6. The Hall–Kier alpha value is -7.42. The van der Waals surface area contributed by atoms with Crippen molar-refractivity contribution in [1.82, 2.24) is 0 Å². The highest BCUT2D eigenvalue weighted by atomic mass is 14.7. The molecule has 0 fully saturated rings.